The van der Waals surface area contributed by atoms with Crippen molar-refractivity contribution in [2.75, 3.05) is 0 Å². The second-order valence-corrected chi connectivity index (χ2v) is 2.05. The summed E-state index contributed by atoms with van der Waals surface area (Å²) < 4.78 is 12.6. The van der Waals surface area contributed by atoms with E-state index in [1.165, 1.54) is 6.07 Å². The molecule has 0 aliphatic heterocycles. The molecule has 0 saturated carbocycles. The Labute approximate surface area is 58.9 Å². The van der Waals surface area contributed by atoms with E-state index in [1.807, 2.05) is 0 Å². The number of aryl methyl sites for hydroxylation is 1. The minimum Gasteiger partial charge on any atom is -0.238 e. The third-order valence-electron chi connectivity index (χ3n) is 1.28. The molecule has 0 aliphatic carbocycles. The molecule has 1 nitrogen and oxygen atoms in total. The van der Waals surface area contributed by atoms with E-state index >= 15 is 0 Å². The Bertz CT molecular complexity index is 286. The smallest absolute Gasteiger partial charge is 0.190 e. The van der Waals surface area contributed by atoms with Crippen LogP contribution in [0.2, 0.25) is 0 Å². The highest BCUT2D eigenvalue weighted by Gasteiger charge is 1.96. The van der Waals surface area contributed by atoms with E-state index in [0.717, 1.165) is 0 Å². The summed E-state index contributed by atoms with van der Waals surface area (Å²) in [5, 5.41) is 0. The van der Waals surface area contributed by atoms with Gasteiger partial charge in [0.1, 0.15) is 5.82 Å². The van der Waals surface area contributed by atoms with Crippen molar-refractivity contribution in [3.8, 4) is 0 Å². The molecule has 0 amide bonds. The van der Waals surface area contributed by atoms with E-state index in [0.29, 0.717) is 11.3 Å². The van der Waals surface area contributed by atoms with Gasteiger partial charge in [-0.2, -0.15) is 0 Å². The lowest BCUT2D eigenvalue weighted by atomic mass is 10.2. The Morgan fingerprint density at radius 1 is 1.50 bits per heavy atom. The summed E-state index contributed by atoms with van der Waals surface area (Å²) in [6.07, 6.45) is 0. The van der Waals surface area contributed by atoms with Gasteiger partial charge >= 0.3 is 0 Å². The normalized spacial score (nSPS) is 8.90. The maximum atomic E-state index is 12.6. The van der Waals surface area contributed by atoms with Crippen LogP contribution in [0.5, 0.6) is 0 Å². The number of hydrogen-bond acceptors (Lipinski definition) is 0. The van der Waals surface area contributed by atoms with E-state index in [9.17, 15) is 4.39 Å². The third-order valence-corrected chi connectivity index (χ3v) is 1.28. The van der Waals surface area contributed by atoms with Crippen LogP contribution >= 0.6 is 0 Å². The zero-order chi connectivity index (χ0) is 7.56. The van der Waals surface area contributed by atoms with Crippen LogP contribution < -0.4 is 0 Å². The van der Waals surface area contributed by atoms with E-state index < -0.39 is 0 Å². The van der Waals surface area contributed by atoms with Crippen LogP contribution in [-0.4, -0.2) is 0 Å². The molecule has 0 fully saturated rings. The van der Waals surface area contributed by atoms with Crippen molar-refractivity contribution in [2.45, 2.75) is 6.92 Å². The quantitative estimate of drug-likeness (QED) is 0.482. The van der Waals surface area contributed by atoms with Gasteiger partial charge in [0.15, 0.2) is 5.69 Å². The van der Waals surface area contributed by atoms with Crippen LogP contribution in [0.15, 0.2) is 18.2 Å². The molecule has 0 unspecified atom stereocenters. The van der Waals surface area contributed by atoms with Crippen LogP contribution in [0.1, 0.15) is 5.56 Å². The standard InChI is InChI=1S/C8H6FN/c1-6-3-4-7(10-2)5-8(6)9/h3-5H,1H3. The molecule has 50 valence electrons. The minimum absolute atomic E-state index is 0.312. The zero-order valence-corrected chi connectivity index (χ0v) is 5.56. The zero-order valence-electron chi connectivity index (χ0n) is 5.56. The lowest BCUT2D eigenvalue weighted by Crippen LogP contribution is -1.77. The maximum Gasteiger partial charge on any atom is 0.190 e. The highest BCUT2D eigenvalue weighted by atomic mass is 19.1. The van der Waals surface area contributed by atoms with Crippen LogP contribution in [0, 0.1) is 19.3 Å². The van der Waals surface area contributed by atoms with Gasteiger partial charge in [-0.25, -0.2) is 9.24 Å². The summed E-state index contributed by atoms with van der Waals surface area (Å²) in [4.78, 5) is 3.08. The molecule has 0 bridgehead atoms. The average molecular weight is 135 g/mol. The summed E-state index contributed by atoms with van der Waals surface area (Å²) in [5.41, 5.74) is 0.926. The molecule has 0 radical (unpaired) electrons. The summed E-state index contributed by atoms with van der Waals surface area (Å²) in [7, 11) is 0. The van der Waals surface area contributed by atoms with Crippen molar-refractivity contribution < 1.29 is 4.39 Å². The highest BCUT2D eigenvalue weighted by molar-refractivity contribution is 5.45. The molecule has 0 aromatic heterocycles. The van der Waals surface area contributed by atoms with Gasteiger partial charge in [0, 0.05) is 0 Å². The molecule has 0 heterocycles. The number of hydrogen-bond donors (Lipinski definition) is 0. The third kappa shape index (κ3) is 1.14. The topological polar surface area (TPSA) is 4.36 Å². The summed E-state index contributed by atoms with van der Waals surface area (Å²) in [5.74, 6) is -0.312. The van der Waals surface area contributed by atoms with Gasteiger partial charge in [-0.3, -0.25) is 0 Å². The predicted molar refractivity (Wildman–Crippen MR) is 37.4 cm³/mol. The molecule has 0 N–H and O–H groups in total. The van der Waals surface area contributed by atoms with Gasteiger partial charge in [0.25, 0.3) is 0 Å². The Hall–Kier alpha value is -1.36. The Morgan fingerprint density at radius 3 is 2.70 bits per heavy atom. The fourth-order valence-corrected chi connectivity index (χ4v) is 0.651. The lowest BCUT2D eigenvalue weighted by molar-refractivity contribution is 0.619. The second kappa shape index (κ2) is 2.49. The van der Waals surface area contributed by atoms with E-state index in [4.69, 9.17) is 6.57 Å². The Morgan fingerprint density at radius 2 is 2.20 bits per heavy atom. The highest BCUT2D eigenvalue weighted by Crippen LogP contribution is 2.15. The van der Waals surface area contributed by atoms with Crippen molar-refractivity contribution >= 4 is 5.69 Å². The molecule has 0 spiro atoms. The molecule has 1 aromatic rings. The lowest BCUT2D eigenvalue weighted by Gasteiger charge is -1.93. The summed E-state index contributed by atoms with van der Waals surface area (Å²) >= 11 is 0. The largest absolute Gasteiger partial charge is 0.238 e. The Kier molecular flexibility index (Phi) is 1.68. The number of nitrogens with zero attached hydrogens (tertiary/aromatic N) is 1. The second-order valence-electron chi connectivity index (χ2n) is 2.05. The Balaban J connectivity index is 3.20. The SMILES string of the molecule is [C-]#[N+]c1ccc(C)c(F)c1. The van der Waals surface area contributed by atoms with Gasteiger partial charge in [0.2, 0.25) is 0 Å². The van der Waals surface area contributed by atoms with Gasteiger partial charge in [-0.1, -0.05) is 12.1 Å². The van der Waals surface area contributed by atoms with Crippen LogP contribution in [0.3, 0.4) is 0 Å². The van der Waals surface area contributed by atoms with E-state index in [-0.39, 0.29) is 5.82 Å². The van der Waals surface area contributed by atoms with Crippen molar-refractivity contribution in [3.05, 3.63) is 41.0 Å². The fourth-order valence-electron chi connectivity index (χ4n) is 0.651. The molecule has 2 heteroatoms. The minimum atomic E-state index is -0.312. The molecule has 0 atom stereocenters. The summed E-state index contributed by atoms with van der Waals surface area (Å²) in [6.45, 7) is 8.24. The van der Waals surface area contributed by atoms with Gasteiger partial charge < -0.3 is 0 Å². The molecular weight excluding hydrogens is 129 g/mol. The van der Waals surface area contributed by atoms with Crippen LogP contribution in [0.25, 0.3) is 4.85 Å². The predicted octanol–water partition coefficient (Wildman–Crippen LogP) is 2.68. The van der Waals surface area contributed by atoms with Crippen LogP contribution in [0.4, 0.5) is 10.1 Å². The fraction of sp³-hybridized carbons (Fsp3) is 0.125. The monoisotopic (exact) mass is 135 g/mol. The van der Waals surface area contributed by atoms with Crippen molar-refractivity contribution in [1.29, 1.82) is 0 Å². The molecule has 10 heavy (non-hydrogen) atoms. The maximum absolute atomic E-state index is 12.6. The van der Waals surface area contributed by atoms with Gasteiger partial charge in [-0.05, 0) is 18.6 Å². The van der Waals surface area contributed by atoms with E-state index in [1.54, 1.807) is 19.1 Å². The molecule has 0 aliphatic rings. The first kappa shape index (κ1) is 6.76. The summed E-state index contributed by atoms with van der Waals surface area (Å²) in [6, 6.07) is 4.44. The molecule has 1 rings (SSSR count). The molecule has 1 aromatic carbocycles. The number of rotatable bonds is 0. The van der Waals surface area contributed by atoms with Crippen molar-refractivity contribution in [2.24, 2.45) is 0 Å². The van der Waals surface area contributed by atoms with Gasteiger partial charge in [-0.15, -0.1) is 0 Å². The van der Waals surface area contributed by atoms with E-state index in [2.05, 4.69) is 4.85 Å². The van der Waals surface area contributed by atoms with Crippen molar-refractivity contribution in [3.63, 3.8) is 0 Å². The average Bonchev–Trinajstić information content (AvgIpc) is 1.95. The first-order valence-electron chi connectivity index (χ1n) is 2.87. The molecular formula is C8H6FN. The molecule has 0 saturated heterocycles. The first-order chi connectivity index (χ1) is 4.74. The number of benzene rings is 1. The van der Waals surface area contributed by atoms with Crippen molar-refractivity contribution in [1.82, 2.24) is 0 Å². The number of halogens is 1. The van der Waals surface area contributed by atoms with Gasteiger partial charge in [0.05, 0.1) is 6.57 Å². The van der Waals surface area contributed by atoms with Crippen LogP contribution in [-0.2, 0) is 0 Å². The first-order valence-corrected chi connectivity index (χ1v) is 2.87.